The van der Waals surface area contributed by atoms with Crippen molar-refractivity contribution in [1.82, 2.24) is 9.55 Å². The van der Waals surface area contributed by atoms with Gasteiger partial charge in [0.05, 0.1) is 16.7 Å². The van der Waals surface area contributed by atoms with E-state index in [-0.39, 0.29) is 0 Å². The Morgan fingerprint density at radius 2 is 1.63 bits per heavy atom. The summed E-state index contributed by atoms with van der Waals surface area (Å²) >= 11 is 0. The second kappa shape index (κ2) is 5.82. The topological polar surface area (TPSA) is 17.8 Å². The maximum Gasteiger partial charge on any atom is 0.146 e. The van der Waals surface area contributed by atoms with E-state index in [2.05, 4.69) is 92.9 Å². The first-order valence-electron chi connectivity index (χ1n) is 9.78. The minimum atomic E-state index is 0.372. The molecule has 0 fully saturated rings. The lowest BCUT2D eigenvalue weighted by Crippen LogP contribution is -2.15. The summed E-state index contributed by atoms with van der Waals surface area (Å²) in [6.07, 6.45) is 0. The average molecular weight is 352 g/mol. The normalized spacial score (nSPS) is 15.4. The molecule has 0 bridgehead atoms. The van der Waals surface area contributed by atoms with E-state index in [0.717, 1.165) is 11.3 Å². The molecule has 2 heteroatoms. The van der Waals surface area contributed by atoms with Gasteiger partial charge in [0.1, 0.15) is 5.82 Å². The first kappa shape index (κ1) is 16.3. The molecule has 0 saturated carbocycles. The second-order valence-electron chi connectivity index (χ2n) is 7.96. The molecule has 1 atom stereocenters. The number of hydrogen-bond acceptors (Lipinski definition) is 1. The van der Waals surface area contributed by atoms with Crippen LogP contribution in [0.4, 0.5) is 0 Å². The van der Waals surface area contributed by atoms with Crippen LogP contribution >= 0.6 is 0 Å². The number of para-hydroxylation sites is 2. The second-order valence-corrected chi connectivity index (χ2v) is 7.96. The van der Waals surface area contributed by atoms with Crippen LogP contribution in [0.1, 0.15) is 54.9 Å². The zero-order valence-corrected chi connectivity index (χ0v) is 16.3. The standard InChI is InChI=1S/C25H24N2/c1-15(2)18-11-7-12-20-17(4)21-13-8-14-22-24(21)27(23(18)20)25(26-22)19-10-6-5-9-16(19)3/h5-15,17H,1-4H3. The lowest BCUT2D eigenvalue weighted by atomic mass is 9.84. The summed E-state index contributed by atoms with van der Waals surface area (Å²) in [5.74, 6) is 1.88. The van der Waals surface area contributed by atoms with Gasteiger partial charge in [-0.05, 0) is 41.2 Å². The summed E-state index contributed by atoms with van der Waals surface area (Å²) < 4.78 is 2.43. The predicted molar refractivity (Wildman–Crippen MR) is 113 cm³/mol. The molecule has 1 unspecified atom stereocenters. The van der Waals surface area contributed by atoms with Crippen molar-refractivity contribution in [2.45, 2.75) is 39.5 Å². The third-order valence-electron chi connectivity index (χ3n) is 5.97. The summed E-state index contributed by atoms with van der Waals surface area (Å²) in [4.78, 5) is 5.11. The van der Waals surface area contributed by atoms with Crippen LogP contribution in [0.5, 0.6) is 0 Å². The van der Waals surface area contributed by atoms with Crippen LogP contribution in [0.25, 0.3) is 28.1 Å². The van der Waals surface area contributed by atoms with E-state index in [1.165, 1.54) is 39.0 Å². The number of aromatic nitrogens is 2. The SMILES string of the molecule is Cc1ccccc1-c1nc2cccc3c2n1-c1c(C(C)C)cccc1C3C. The highest BCUT2D eigenvalue weighted by Crippen LogP contribution is 2.45. The third-order valence-corrected chi connectivity index (χ3v) is 5.97. The van der Waals surface area contributed by atoms with Crippen LogP contribution in [-0.2, 0) is 0 Å². The summed E-state index contributed by atoms with van der Waals surface area (Å²) in [6.45, 7) is 9.05. The molecule has 134 valence electrons. The maximum atomic E-state index is 5.11. The lowest BCUT2D eigenvalue weighted by Gasteiger charge is -2.29. The monoisotopic (exact) mass is 352 g/mol. The molecule has 0 radical (unpaired) electrons. The van der Waals surface area contributed by atoms with Gasteiger partial charge in [-0.2, -0.15) is 0 Å². The molecule has 2 heterocycles. The highest BCUT2D eigenvalue weighted by molar-refractivity contribution is 5.90. The Balaban J connectivity index is 1.98. The van der Waals surface area contributed by atoms with Gasteiger partial charge in [-0.1, -0.05) is 75.4 Å². The number of fused-ring (bicyclic) bond motifs is 2. The zero-order valence-electron chi connectivity index (χ0n) is 16.3. The van der Waals surface area contributed by atoms with Gasteiger partial charge >= 0.3 is 0 Å². The van der Waals surface area contributed by atoms with E-state index >= 15 is 0 Å². The van der Waals surface area contributed by atoms with Crippen molar-refractivity contribution >= 4 is 11.0 Å². The van der Waals surface area contributed by atoms with E-state index in [4.69, 9.17) is 4.98 Å². The van der Waals surface area contributed by atoms with Crippen molar-refractivity contribution in [2.75, 3.05) is 0 Å². The predicted octanol–water partition coefficient (Wildman–Crippen LogP) is 6.59. The van der Waals surface area contributed by atoms with Crippen molar-refractivity contribution in [2.24, 2.45) is 0 Å². The third kappa shape index (κ3) is 2.22. The number of nitrogens with zero attached hydrogens (tertiary/aromatic N) is 2. The number of hydrogen-bond donors (Lipinski definition) is 0. The van der Waals surface area contributed by atoms with Crippen LogP contribution in [0.15, 0.2) is 60.7 Å². The van der Waals surface area contributed by atoms with E-state index in [9.17, 15) is 0 Å². The van der Waals surface area contributed by atoms with Crippen molar-refractivity contribution in [1.29, 1.82) is 0 Å². The number of benzene rings is 3. The molecule has 0 spiro atoms. The molecular formula is C25H24N2. The van der Waals surface area contributed by atoms with Gasteiger partial charge in [0, 0.05) is 11.5 Å². The Labute approximate surface area is 160 Å². The van der Waals surface area contributed by atoms with Crippen molar-refractivity contribution in [3.05, 3.63) is 82.9 Å². The fraction of sp³-hybridized carbons (Fsp3) is 0.240. The molecule has 0 aliphatic carbocycles. The van der Waals surface area contributed by atoms with Crippen LogP contribution < -0.4 is 0 Å². The largest absolute Gasteiger partial charge is 0.291 e. The van der Waals surface area contributed by atoms with Crippen LogP contribution in [-0.4, -0.2) is 9.55 Å². The summed E-state index contributed by atoms with van der Waals surface area (Å²) in [5, 5.41) is 0. The highest BCUT2D eigenvalue weighted by atomic mass is 15.1. The molecule has 0 saturated heterocycles. The Morgan fingerprint density at radius 3 is 2.41 bits per heavy atom. The molecule has 2 nitrogen and oxygen atoms in total. The quantitative estimate of drug-likeness (QED) is 0.398. The van der Waals surface area contributed by atoms with E-state index in [1.807, 2.05) is 0 Å². The summed E-state index contributed by atoms with van der Waals surface area (Å²) in [7, 11) is 0. The van der Waals surface area contributed by atoms with Crippen molar-refractivity contribution in [3.8, 4) is 17.1 Å². The Bertz CT molecular complexity index is 1180. The summed E-state index contributed by atoms with van der Waals surface area (Å²) in [6, 6.07) is 21.9. The highest BCUT2D eigenvalue weighted by Gasteiger charge is 2.30. The first-order chi connectivity index (χ1) is 13.1. The van der Waals surface area contributed by atoms with Gasteiger partial charge in [-0.15, -0.1) is 0 Å². The molecule has 1 aliphatic heterocycles. The minimum absolute atomic E-state index is 0.372. The molecule has 27 heavy (non-hydrogen) atoms. The van der Waals surface area contributed by atoms with Gasteiger partial charge in [-0.25, -0.2) is 4.98 Å². The Kier molecular flexibility index (Phi) is 3.51. The van der Waals surface area contributed by atoms with Gasteiger partial charge in [-0.3, -0.25) is 4.57 Å². The molecule has 0 N–H and O–H groups in total. The van der Waals surface area contributed by atoms with Gasteiger partial charge in [0.25, 0.3) is 0 Å². The Morgan fingerprint density at radius 1 is 0.889 bits per heavy atom. The number of imidazole rings is 1. The molecule has 4 aromatic rings. The fourth-order valence-electron chi connectivity index (χ4n) is 4.55. The van der Waals surface area contributed by atoms with Gasteiger partial charge in [0.15, 0.2) is 0 Å². The molecular weight excluding hydrogens is 328 g/mol. The Hall–Kier alpha value is -2.87. The molecule has 5 rings (SSSR count). The van der Waals surface area contributed by atoms with Crippen molar-refractivity contribution in [3.63, 3.8) is 0 Å². The molecule has 0 amide bonds. The van der Waals surface area contributed by atoms with Crippen molar-refractivity contribution < 1.29 is 0 Å². The first-order valence-corrected chi connectivity index (χ1v) is 9.78. The summed E-state index contributed by atoms with van der Waals surface area (Å²) in [5.41, 5.74) is 10.3. The molecule has 3 aromatic carbocycles. The van der Waals surface area contributed by atoms with Gasteiger partial charge in [0.2, 0.25) is 0 Å². The molecule has 1 aliphatic rings. The number of aryl methyl sites for hydroxylation is 1. The number of rotatable bonds is 2. The fourth-order valence-corrected chi connectivity index (χ4v) is 4.55. The van der Waals surface area contributed by atoms with Crippen LogP contribution in [0, 0.1) is 6.92 Å². The van der Waals surface area contributed by atoms with E-state index in [1.54, 1.807) is 0 Å². The van der Waals surface area contributed by atoms with Gasteiger partial charge < -0.3 is 0 Å². The smallest absolute Gasteiger partial charge is 0.146 e. The van der Waals surface area contributed by atoms with Crippen LogP contribution in [0.3, 0.4) is 0 Å². The molecule has 1 aromatic heterocycles. The van der Waals surface area contributed by atoms with Crippen LogP contribution in [0.2, 0.25) is 0 Å². The van der Waals surface area contributed by atoms with E-state index in [0.29, 0.717) is 11.8 Å². The average Bonchev–Trinajstić information content (AvgIpc) is 3.05. The zero-order chi connectivity index (χ0) is 18.7. The maximum absolute atomic E-state index is 5.11. The van der Waals surface area contributed by atoms with E-state index < -0.39 is 0 Å². The lowest BCUT2D eigenvalue weighted by molar-refractivity contribution is 0.813. The minimum Gasteiger partial charge on any atom is -0.291 e.